The van der Waals surface area contributed by atoms with Crippen molar-refractivity contribution in [3.05, 3.63) is 83.9 Å². The molecule has 0 spiro atoms. The number of thiazole rings is 1. The predicted octanol–water partition coefficient (Wildman–Crippen LogP) is 3.66. The van der Waals surface area contributed by atoms with Crippen LogP contribution in [0, 0.1) is 0 Å². The van der Waals surface area contributed by atoms with Gasteiger partial charge in [-0.3, -0.25) is 4.79 Å². The van der Waals surface area contributed by atoms with Crippen LogP contribution in [0.2, 0.25) is 0 Å². The van der Waals surface area contributed by atoms with Gasteiger partial charge in [0, 0.05) is 18.0 Å². The number of nitrogens with zero attached hydrogens (tertiary/aromatic N) is 5. The highest BCUT2D eigenvalue weighted by molar-refractivity contribution is 7.13. The van der Waals surface area contributed by atoms with Crippen molar-refractivity contribution in [1.82, 2.24) is 24.6 Å². The number of aromatic nitrogens is 4. The van der Waals surface area contributed by atoms with Crippen molar-refractivity contribution >= 4 is 17.2 Å². The summed E-state index contributed by atoms with van der Waals surface area (Å²) in [4.78, 5) is 23.3. The van der Waals surface area contributed by atoms with E-state index in [0.717, 1.165) is 16.3 Å². The van der Waals surface area contributed by atoms with Gasteiger partial charge in [-0.25, -0.2) is 14.6 Å². The number of hydrogen-bond donors (Lipinski definition) is 0. The molecule has 0 atom stereocenters. The van der Waals surface area contributed by atoms with Gasteiger partial charge in [0.15, 0.2) is 0 Å². The zero-order valence-electron chi connectivity index (χ0n) is 14.7. The third-order valence-corrected chi connectivity index (χ3v) is 5.06. The molecule has 0 unspecified atom stereocenters. The second kappa shape index (κ2) is 7.51. The average molecular weight is 375 g/mol. The van der Waals surface area contributed by atoms with Gasteiger partial charge in [-0.1, -0.05) is 42.5 Å². The van der Waals surface area contributed by atoms with Crippen molar-refractivity contribution in [1.29, 1.82) is 0 Å². The Hall–Kier alpha value is -3.32. The summed E-state index contributed by atoms with van der Waals surface area (Å²) in [5.41, 5.74) is 3.23. The van der Waals surface area contributed by atoms with E-state index in [1.165, 1.54) is 6.33 Å². The molecule has 1 amide bonds. The summed E-state index contributed by atoms with van der Waals surface area (Å²) >= 11 is 1.58. The average Bonchev–Trinajstić information content (AvgIpc) is 3.40. The van der Waals surface area contributed by atoms with Crippen LogP contribution in [0.25, 0.3) is 16.3 Å². The summed E-state index contributed by atoms with van der Waals surface area (Å²) in [6, 6.07) is 17.4. The molecule has 2 heterocycles. The number of benzene rings is 2. The minimum Gasteiger partial charge on any atom is -0.336 e. The topological polar surface area (TPSA) is 63.9 Å². The van der Waals surface area contributed by atoms with Crippen LogP contribution in [0.4, 0.5) is 0 Å². The number of rotatable bonds is 5. The molecule has 4 aromatic rings. The summed E-state index contributed by atoms with van der Waals surface area (Å²) in [6.07, 6.45) is 3.03. The summed E-state index contributed by atoms with van der Waals surface area (Å²) < 4.78 is 1.59. The SMILES string of the molecule is CN(Cc1csc(-c2ccccc2)n1)C(=O)c1ccccc1-n1cncn1. The van der Waals surface area contributed by atoms with Gasteiger partial charge >= 0.3 is 0 Å². The van der Waals surface area contributed by atoms with E-state index in [2.05, 4.69) is 15.1 Å². The van der Waals surface area contributed by atoms with Gasteiger partial charge in [-0.15, -0.1) is 11.3 Å². The third-order valence-electron chi connectivity index (χ3n) is 4.12. The van der Waals surface area contributed by atoms with Gasteiger partial charge < -0.3 is 4.90 Å². The molecule has 0 aliphatic rings. The zero-order chi connectivity index (χ0) is 18.6. The van der Waals surface area contributed by atoms with Crippen molar-refractivity contribution in [3.8, 4) is 16.3 Å². The maximum absolute atomic E-state index is 13.0. The van der Waals surface area contributed by atoms with Crippen LogP contribution in [0.5, 0.6) is 0 Å². The second-order valence-corrected chi connectivity index (χ2v) is 6.89. The Kier molecular flexibility index (Phi) is 4.76. The molecule has 0 aliphatic carbocycles. The van der Waals surface area contributed by atoms with Crippen molar-refractivity contribution in [2.75, 3.05) is 7.05 Å². The molecule has 134 valence electrons. The normalized spacial score (nSPS) is 10.7. The van der Waals surface area contributed by atoms with Gasteiger partial charge in [0.25, 0.3) is 5.91 Å². The Morgan fingerprint density at radius 1 is 1.11 bits per heavy atom. The Bertz CT molecular complexity index is 1040. The number of para-hydroxylation sites is 1. The van der Waals surface area contributed by atoms with Crippen LogP contribution in [0.1, 0.15) is 16.1 Å². The summed E-state index contributed by atoms with van der Waals surface area (Å²) in [5.74, 6) is -0.0876. The lowest BCUT2D eigenvalue weighted by Gasteiger charge is -2.18. The molecule has 6 nitrogen and oxygen atoms in total. The van der Waals surface area contributed by atoms with Crippen molar-refractivity contribution in [2.24, 2.45) is 0 Å². The van der Waals surface area contributed by atoms with Gasteiger partial charge in [-0.2, -0.15) is 5.10 Å². The zero-order valence-corrected chi connectivity index (χ0v) is 15.5. The largest absolute Gasteiger partial charge is 0.336 e. The molecule has 0 saturated carbocycles. The molecule has 0 radical (unpaired) electrons. The van der Waals surface area contributed by atoms with Crippen LogP contribution < -0.4 is 0 Å². The number of hydrogen-bond acceptors (Lipinski definition) is 5. The molecule has 2 aromatic heterocycles. The van der Waals surface area contributed by atoms with Crippen molar-refractivity contribution < 1.29 is 4.79 Å². The molecular formula is C20H17N5OS. The summed E-state index contributed by atoms with van der Waals surface area (Å²) in [7, 11) is 1.78. The smallest absolute Gasteiger partial charge is 0.256 e. The Labute approximate surface area is 160 Å². The Morgan fingerprint density at radius 2 is 1.89 bits per heavy atom. The van der Waals surface area contributed by atoms with E-state index in [1.807, 2.05) is 53.9 Å². The first kappa shape index (κ1) is 17.1. The molecule has 4 rings (SSSR count). The minimum atomic E-state index is -0.0876. The standard InChI is InChI=1S/C20H17N5OS/c1-24(11-16-12-27-19(23-16)15-7-3-2-4-8-15)20(26)17-9-5-6-10-18(17)25-14-21-13-22-25/h2-10,12-14H,11H2,1H3. The van der Waals surface area contributed by atoms with Crippen molar-refractivity contribution in [3.63, 3.8) is 0 Å². The number of carbonyl (C=O) groups excluding carboxylic acids is 1. The molecule has 0 saturated heterocycles. The van der Waals surface area contributed by atoms with Crippen LogP contribution in [-0.2, 0) is 6.54 Å². The first-order chi connectivity index (χ1) is 13.2. The fraction of sp³-hybridized carbons (Fsp3) is 0.100. The molecule has 27 heavy (non-hydrogen) atoms. The number of amides is 1. The van der Waals surface area contributed by atoms with Gasteiger partial charge in [0.1, 0.15) is 17.7 Å². The van der Waals surface area contributed by atoms with E-state index in [-0.39, 0.29) is 5.91 Å². The van der Waals surface area contributed by atoms with E-state index < -0.39 is 0 Å². The van der Waals surface area contributed by atoms with Crippen LogP contribution in [0.3, 0.4) is 0 Å². The lowest BCUT2D eigenvalue weighted by atomic mass is 10.1. The molecule has 7 heteroatoms. The van der Waals surface area contributed by atoms with E-state index in [4.69, 9.17) is 0 Å². The summed E-state index contributed by atoms with van der Waals surface area (Å²) in [6.45, 7) is 0.438. The van der Waals surface area contributed by atoms with Crippen LogP contribution in [-0.4, -0.2) is 37.6 Å². The predicted molar refractivity (Wildman–Crippen MR) is 105 cm³/mol. The summed E-state index contributed by atoms with van der Waals surface area (Å²) in [5, 5.41) is 7.08. The molecule has 0 aliphatic heterocycles. The highest BCUT2D eigenvalue weighted by Gasteiger charge is 2.18. The molecule has 2 aromatic carbocycles. The highest BCUT2D eigenvalue weighted by atomic mass is 32.1. The molecular weight excluding hydrogens is 358 g/mol. The van der Waals surface area contributed by atoms with Gasteiger partial charge in [-0.05, 0) is 12.1 Å². The Morgan fingerprint density at radius 3 is 2.67 bits per heavy atom. The van der Waals surface area contributed by atoms with Gasteiger partial charge in [0.2, 0.25) is 0 Å². The van der Waals surface area contributed by atoms with E-state index in [0.29, 0.717) is 17.8 Å². The second-order valence-electron chi connectivity index (χ2n) is 6.03. The Balaban J connectivity index is 1.54. The van der Waals surface area contributed by atoms with E-state index in [1.54, 1.807) is 40.4 Å². The van der Waals surface area contributed by atoms with Crippen LogP contribution in [0.15, 0.2) is 72.6 Å². The lowest BCUT2D eigenvalue weighted by Crippen LogP contribution is -2.27. The molecule has 0 fully saturated rings. The minimum absolute atomic E-state index is 0.0876. The maximum Gasteiger partial charge on any atom is 0.256 e. The highest BCUT2D eigenvalue weighted by Crippen LogP contribution is 2.24. The molecule has 0 bridgehead atoms. The fourth-order valence-corrected chi connectivity index (χ4v) is 3.62. The van der Waals surface area contributed by atoms with E-state index in [9.17, 15) is 4.79 Å². The monoisotopic (exact) mass is 375 g/mol. The van der Waals surface area contributed by atoms with Crippen molar-refractivity contribution in [2.45, 2.75) is 6.54 Å². The van der Waals surface area contributed by atoms with Gasteiger partial charge in [0.05, 0.1) is 23.5 Å². The number of carbonyl (C=O) groups is 1. The van der Waals surface area contributed by atoms with E-state index >= 15 is 0 Å². The molecule has 0 N–H and O–H groups in total. The third kappa shape index (κ3) is 3.63. The first-order valence-corrected chi connectivity index (χ1v) is 9.29. The lowest BCUT2D eigenvalue weighted by molar-refractivity contribution is 0.0783. The fourth-order valence-electron chi connectivity index (χ4n) is 2.80. The quantitative estimate of drug-likeness (QED) is 0.534. The van der Waals surface area contributed by atoms with Crippen LogP contribution >= 0.6 is 11.3 Å². The maximum atomic E-state index is 13.0. The first-order valence-electron chi connectivity index (χ1n) is 8.41.